The molecule has 0 aliphatic carbocycles. The fraction of sp³-hybridized carbons (Fsp3) is 0.500. The molecule has 0 radical (unpaired) electrons. The van der Waals surface area contributed by atoms with Crippen LogP contribution >= 0.6 is 23.1 Å². The Bertz CT molecular complexity index is 908. The first kappa shape index (κ1) is 22.6. The second kappa shape index (κ2) is 8.74. The zero-order chi connectivity index (χ0) is 21.1. The van der Waals surface area contributed by atoms with E-state index in [1.807, 2.05) is 30.9 Å². The molecule has 0 bridgehead atoms. The summed E-state index contributed by atoms with van der Waals surface area (Å²) in [6.07, 6.45) is 2.40. The van der Waals surface area contributed by atoms with E-state index < -0.39 is 11.8 Å². The number of halogens is 3. The Morgan fingerprint density at radius 1 is 1.29 bits per heavy atom. The normalized spacial score (nSPS) is 13.1. The number of ether oxygens (including phenoxy) is 1. The number of hydrogen-bond donors (Lipinski definition) is 0. The minimum absolute atomic E-state index is 0.210. The van der Waals surface area contributed by atoms with Crippen LogP contribution in [0.3, 0.4) is 0 Å². The molecule has 1 amide bonds. The summed E-state index contributed by atoms with van der Waals surface area (Å²) in [6, 6.07) is 4.75. The molecule has 0 unspecified atom stereocenters. The molecule has 2 rings (SSSR count). The number of aromatic nitrogens is 1. The van der Waals surface area contributed by atoms with Gasteiger partial charge in [-0.2, -0.15) is 4.99 Å². The third kappa shape index (κ3) is 6.14. The maximum absolute atomic E-state index is 13.2. The van der Waals surface area contributed by atoms with E-state index in [-0.39, 0.29) is 17.5 Å². The number of carbonyl (C=O) groups is 1. The van der Waals surface area contributed by atoms with Crippen molar-refractivity contribution in [3.8, 4) is 5.75 Å². The van der Waals surface area contributed by atoms with Crippen LogP contribution in [0, 0.1) is 0 Å². The summed E-state index contributed by atoms with van der Waals surface area (Å²) in [6.45, 7) is 6.99. The zero-order valence-corrected chi connectivity index (χ0v) is 18.3. The van der Waals surface area contributed by atoms with Crippen molar-refractivity contribution in [1.29, 1.82) is 0 Å². The van der Waals surface area contributed by atoms with E-state index in [9.17, 15) is 13.6 Å². The second-order valence-electron chi connectivity index (χ2n) is 7.73. The van der Waals surface area contributed by atoms with Gasteiger partial charge in [-0.25, -0.2) is 8.78 Å². The Balaban J connectivity index is 2.43. The Labute approximate surface area is 173 Å². The molecule has 0 atom stereocenters. The van der Waals surface area contributed by atoms with Crippen LogP contribution in [0.25, 0.3) is 0 Å². The average Bonchev–Trinajstić information content (AvgIpc) is 2.96. The van der Waals surface area contributed by atoms with Crippen molar-refractivity contribution >= 4 is 29.0 Å². The number of hydrogen-bond acceptors (Lipinski definition) is 3. The minimum atomic E-state index is -2.71. The summed E-state index contributed by atoms with van der Waals surface area (Å²) in [7, 11) is 1.47. The van der Waals surface area contributed by atoms with Crippen molar-refractivity contribution in [2.24, 2.45) is 4.99 Å². The molecule has 0 N–H and O–H groups in total. The number of rotatable bonds is 6. The van der Waals surface area contributed by atoms with Crippen molar-refractivity contribution in [3.05, 3.63) is 45.2 Å². The van der Waals surface area contributed by atoms with Crippen LogP contribution in [-0.4, -0.2) is 22.9 Å². The number of alkyl halides is 2. The van der Waals surface area contributed by atoms with Gasteiger partial charge in [-0.3, -0.25) is 8.75 Å². The largest absolute Gasteiger partial charge is 0.496 e. The summed E-state index contributed by atoms with van der Waals surface area (Å²) in [5.41, 5.74) is 0.828. The quantitative estimate of drug-likeness (QED) is 0.591. The SMILES string of the molecule is COc1ccc(Cl)cc1C(=O)/N=c1\sn(C(C)(C)C)cc1CCCC(C)(F)F. The fourth-order valence-electron chi connectivity index (χ4n) is 2.56. The highest BCUT2D eigenvalue weighted by molar-refractivity contribution is 7.04. The van der Waals surface area contributed by atoms with Gasteiger partial charge in [0.2, 0.25) is 5.92 Å². The smallest absolute Gasteiger partial charge is 0.282 e. The highest BCUT2D eigenvalue weighted by Crippen LogP contribution is 2.24. The van der Waals surface area contributed by atoms with E-state index in [0.29, 0.717) is 28.3 Å². The van der Waals surface area contributed by atoms with E-state index in [4.69, 9.17) is 16.3 Å². The van der Waals surface area contributed by atoms with Crippen molar-refractivity contribution < 1.29 is 18.3 Å². The Morgan fingerprint density at radius 3 is 2.54 bits per heavy atom. The van der Waals surface area contributed by atoms with Gasteiger partial charge in [0.05, 0.1) is 12.7 Å². The van der Waals surface area contributed by atoms with Gasteiger partial charge in [-0.1, -0.05) is 11.6 Å². The average molecular weight is 431 g/mol. The summed E-state index contributed by atoms with van der Waals surface area (Å²) >= 11 is 7.34. The van der Waals surface area contributed by atoms with Crippen LogP contribution in [0.5, 0.6) is 5.75 Å². The van der Waals surface area contributed by atoms with Crippen molar-refractivity contribution in [3.63, 3.8) is 0 Å². The van der Waals surface area contributed by atoms with Crippen LogP contribution in [0.1, 0.15) is 56.5 Å². The van der Waals surface area contributed by atoms with Gasteiger partial charge in [0.15, 0.2) is 0 Å². The topological polar surface area (TPSA) is 43.6 Å². The maximum atomic E-state index is 13.2. The first-order valence-corrected chi connectivity index (χ1v) is 10.1. The second-order valence-corrected chi connectivity index (χ2v) is 9.13. The van der Waals surface area contributed by atoms with Crippen LogP contribution < -0.4 is 9.41 Å². The maximum Gasteiger partial charge on any atom is 0.282 e. The van der Waals surface area contributed by atoms with Gasteiger partial charge in [0, 0.05) is 28.7 Å². The number of aryl methyl sites for hydroxylation is 1. The third-order valence-corrected chi connectivity index (χ3v) is 5.66. The molecule has 8 heteroatoms. The standard InChI is InChI=1S/C20H25ClF2N2O2S/c1-19(2,3)25-12-13(7-6-10-20(4,22)23)18(28-25)24-17(26)15-11-14(21)8-9-16(15)27-5/h8-9,11-12H,6-7,10H2,1-5H3/b24-18-. The lowest BCUT2D eigenvalue weighted by Crippen LogP contribution is -2.18. The lowest BCUT2D eigenvalue weighted by atomic mass is 10.1. The summed E-state index contributed by atoms with van der Waals surface area (Å²) < 4.78 is 34.1. The first-order valence-electron chi connectivity index (χ1n) is 8.93. The number of methoxy groups -OCH3 is 1. The molecule has 1 heterocycles. The van der Waals surface area contributed by atoms with Crippen molar-refractivity contribution in [1.82, 2.24) is 3.96 Å². The molecule has 2 aromatic rings. The molecule has 1 aromatic heterocycles. The highest BCUT2D eigenvalue weighted by Gasteiger charge is 2.22. The van der Waals surface area contributed by atoms with Crippen LogP contribution in [0.2, 0.25) is 5.02 Å². The van der Waals surface area contributed by atoms with E-state index in [1.165, 1.54) is 24.7 Å². The highest BCUT2D eigenvalue weighted by atomic mass is 35.5. The number of nitrogens with zero attached hydrogens (tertiary/aromatic N) is 2. The summed E-state index contributed by atoms with van der Waals surface area (Å²) in [4.78, 5) is 17.0. The molecule has 0 saturated heterocycles. The summed E-state index contributed by atoms with van der Waals surface area (Å²) in [5.74, 6) is -2.81. The molecule has 4 nitrogen and oxygen atoms in total. The third-order valence-electron chi connectivity index (χ3n) is 4.05. The molecule has 154 valence electrons. The molecular formula is C20H25ClF2N2O2S. The molecule has 1 aromatic carbocycles. The summed E-state index contributed by atoms with van der Waals surface area (Å²) in [5, 5.41) is 0.403. The van der Waals surface area contributed by atoms with Gasteiger partial charge in [-0.15, -0.1) is 0 Å². The van der Waals surface area contributed by atoms with E-state index in [0.717, 1.165) is 12.5 Å². The molecule has 0 saturated carbocycles. The lowest BCUT2D eigenvalue weighted by molar-refractivity contribution is 0.0111. The van der Waals surface area contributed by atoms with Gasteiger partial charge < -0.3 is 4.74 Å². The predicted octanol–water partition coefficient (Wildman–Crippen LogP) is 5.69. The van der Waals surface area contributed by atoms with Crippen LogP contribution in [-0.2, 0) is 12.0 Å². The van der Waals surface area contributed by atoms with Crippen molar-refractivity contribution in [2.75, 3.05) is 7.11 Å². The molecule has 0 spiro atoms. The Kier molecular flexibility index (Phi) is 7.04. The van der Waals surface area contributed by atoms with Gasteiger partial charge in [0.25, 0.3) is 5.91 Å². The zero-order valence-electron chi connectivity index (χ0n) is 16.7. The van der Waals surface area contributed by atoms with Gasteiger partial charge in [0.1, 0.15) is 10.4 Å². The van der Waals surface area contributed by atoms with Crippen LogP contribution in [0.4, 0.5) is 8.78 Å². The molecule has 0 aliphatic rings. The van der Waals surface area contributed by atoms with Crippen LogP contribution in [0.15, 0.2) is 29.4 Å². The predicted molar refractivity (Wildman–Crippen MR) is 109 cm³/mol. The van der Waals surface area contributed by atoms with E-state index >= 15 is 0 Å². The number of benzene rings is 1. The Hall–Kier alpha value is -1.73. The molecular weight excluding hydrogens is 406 g/mol. The van der Waals surface area contributed by atoms with E-state index in [2.05, 4.69) is 4.99 Å². The minimum Gasteiger partial charge on any atom is -0.496 e. The fourth-order valence-corrected chi connectivity index (χ4v) is 3.77. The lowest BCUT2D eigenvalue weighted by Gasteiger charge is -2.19. The number of amides is 1. The van der Waals surface area contributed by atoms with Crippen molar-refractivity contribution in [2.45, 2.75) is 58.4 Å². The van der Waals surface area contributed by atoms with E-state index in [1.54, 1.807) is 12.1 Å². The molecule has 0 fully saturated rings. The molecule has 0 aliphatic heterocycles. The first-order chi connectivity index (χ1) is 12.9. The van der Waals surface area contributed by atoms with Gasteiger partial charge >= 0.3 is 0 Å². The van der Waals surface area contributed by atoms with Gasteiger partial charge in [-0.05, 0) is 70.3 Å². The Morgan fingerprint density at radius 2 is 1.96 bits per heavy atom. The number of carbonyl (C=O) groups excluding carboxylic acids is 1. The molecule has 28 heavy (non-hydrogen) atoms. The monoisotopic (exact) mass is 430 g/mol.